The number of piperazine rings is 1. The quantitative estimate of drug-likeness (QED) is 0.833. The number of nitrogens with two attached hydrogens (primary N) is 1. The minimum absolute atomic E-state index is 0.0450. The number of benzene rings is 1. The first-order chi connectivity index (χ1) is 10.2. The molecule has 2 N–H and O–H groups in total. The van der Waals surface area contributed by atoms with Crippen LogP contribution in [0.4, 0.5) is 11.6 Å². The average Bonchev–Trinajstić information content (AvgIpc) is 2.56. The summed E-state index contributed by atoms with van der Waals surface area (Å²) < 4.78 is 0. The molecule has 21 heavy (non-hydrogen) atoms. The summed E-state index contributed by atoms with van der Waals surface area (Å²) in [6.45, 7) is 2.82. The monoisotopic (exact) mass is 283 g/mol. The van der Waals surface area contributed by atoms with E-state index in [0.29, 0.717) is 24.3 Å². The molecule has 0 atom stereocenters. The molecule has 2 heterocycles. The van der Waals surface area contributed by atoms with Crippen molar-refractivity contribution in [3.63, 3.8) is 0 Å². The molecule has 0 saturated carbocycles. The summed E-state index contributed by atoms with van der Waals surface area (Å²) >= 11 is 0. The number of hydrogen-bond acceptors (Lipinski definition) is 5. The van der Waals surface area contributed by atoms with Gasteiger partial charge in [0.1, 0.15) is 0 Å². The summed E-state index contributed by atoms with van der Waals surface area (Å²) in [7, 11) is 0. The first kappa shape index (κ1) is 13.4. The lowest BCUT2D eigenvalue weighted by atomic mass is 10.1. The second kappa shape index (κ2) is 5.78. The molecule has 6 nitrogen and oxygen atoms in total. The van der Waals surface area contributed by atoms with Crippen molar-refractivity contribution >= 4 is 17.5 Å². The van der Waals surface area contributed by atoms with Crippen molar-refractivity contribution < 1.29 is 4.79 Å². The van der Waals surface area contributed by atoms with Crippen molar-refractivity contribution in [1.29, 1.82) is 0 Å². The van der Waals surface area contributed by atoms with Crippen LogP contribution in [-0.2, 0) is 0 Å². The Morgan fingerprint density at radius 1 is 1.00 bits per heavy atom. The standard InChI is InChI=1S/C15H17N5O/c16-13-4-2-12(3-5-13)14(21)19-8-10-20(11-9-19)15-17-6-1-7-18-15/h1-7H,8-11,16H2. The van der Waals surface area contributed by atoms with Crippen LogP contribution >= 0.6 is 0 Å². The van der Waals surface area contributed by atoms with Gasteiger partial charge in [-0.25, -0.2) is 9.97 Å². The van der Waals surface area contributed by atoms with Gasteiger partial charge in [0.2, 0.25) is 5.95 Å². The van der Waals surface area contributed by atoms with E-state index in [1.165, 1.54) is 0 Å². The van der Waals surface area contributed by atoms with Crippen molar-refractivity contribution in [2.45, 2.75) is 0 Å². The van der Waals surface area contributed by atoms with E-state index in [0.717, 1.165) is 19.0 Å². The Labute approximate surface area is 123 Å². The Bertz CT molecular complexity index is 606. The van der Waals surface area contributed by atoms with E-state index in [1.54, 1.807) is 42.7 Å². The molecule has 1 aliphatic heterocycles. The van der Waals surface area contributed by atoms with Crippen molar-refractivity contribution in [2.75, 3.05) is 36.8 Å². The van der Waals surface area contributed by atoms with Gasteiger partial charge in [0.15, 0.2) is 0 Å². The van der Waals surface area contributed by atoms with Crippen LogP contribution in [0.5, 0.6) is 0 Å². The van der Waals surface area contributed by atoms with Crippen molar-refractivity contribution in [2.24, 2.45) is 0 Å². The zero-order valence-electron chi connectivity index (χ0n) is 11.6. The van der Waals surface area contributed by atoms with Gasteiger partial charge in [0.05, 0.1) is 0 Å². The third kappa shape index (κ3) is 2.94. The van der Waals surface area contributed by atoms with E-state index in [-0.39, 0.29) is 5.91 Å². The van der Waals surface area contributed by atoms with Crippen LogP contribution in [0.3, 0.4) is 0 Å². The van der Waals surface area contributed by atoms with Gasteiger partial charge in [-0.1, -0.05) is 0 Å². The third-order valence-electron chi connectivity index (χ3n) is 3.56. The Morgan fingerprint density at radius 3 is 2.24 bits per heavy atom. The Morgan fingerprint density at radius 2 is 1.62 bits per heavy atom. The zero-order valence-corrected chi connectivity index (χ0v) is 11.6. The topological polar surface area (TPSA) is 75.4 Å². The predicted octanol–water partition coefficient (Wildman–Crippen LogP) is 1.02. The fourth-order valence-corrected chi connectivity index (χ4v) is 2.37. The highest BCUT2D eigenvalue weighted by molar-refractivity contribution is 5.94. The zero-order chi connectivity index (χ0) is 14.7. The molecule has 2 aromatic rings. The van der Waals surface area contributed by atoms with Crippen LogP contribution in [0.2, 0.25) is 0 Å². The smallest absolute Gasteiger partial charge is 0.253 e. The van der Waals surface area contributed by atoms with Gasteiger partial charge in [-0.15, -0.1) is 0 Å². The predicted molar refractivity (Wildman–Crippen MR) is 81.0 cm³/mol. The summed E-state index contributed by atoms with van der Waals surface area (Å²) in [6.07, 6.45) is 3.46. The highest BCUT2D eigenvalue weighted by atomic mass is 16.2. The van der Waals surface area contributed by atoms with Gasteiger partial charge in [-0.2, -0.15) is 0 Å². The lowest BCUT2D eigenvalue weighted by Gasteiger charge is -2.34. The van der Waals surface area contributed by atoms with Crippen LogP contribution in [0, 0.1) is 0 Å². The number of nitrogens with zero attached hydrogens (tertiary/aromatic N) is 4. The largest absolute Gasteiger partial charge is 0.399 e. The molecule has 0 bridgehead atoms. The number of nitrogen functional groups attached to an aromatic ring is 1. The summed E-state index contributed by atoms with van der Waals surface area (Å²) in [6, 6.07) is 8.83. The molecule has 1 aliphatic rings. The van der Waals surface area contributed by atoms with Gasteiger partial charge in [0.25, 0.3) is 5.91 Å². The Balaban J connectivity index is 1.63. The Hall–Kier alpha value is -2.63. The average molecular weight is 283 g/mol. The number of rotatable bonds is 2. The number of hydrogen-bond donors (Lipinski definition) is 1. The fraction of sp³-hybridized carbons (Fsp3) is 0.267. The lowest BCUT2D eigenvalue weighted by molar-refractivity contribution is 0.0746. The summed E-state index contributed by atoms with van der Waals surface area (Å²) in [5.74, 6) is 0.765. The number of aromatic nitrogens is 2. The fourth-order valence-electron chi connectivity index (χ4n) is 2.37. The van der Waals surface area contributed by atoms with Crippen molar-refractivity contribution in [3.8, 4) is 0 Å². The van der Waals surface area contributed by atoms with E-state index >= 15 is 0 Å². The van der Waals surface area contributed by atoms with E-state index in [9.17, 15) is 4.79 Å². The van der Waals surface area contributed by atoms with Crippen molar-refractivity contribution in [1.82, 2.24) is 14.9 Å². The molecule has 1 amide bonds. The van der Waals surface area contributed by atoms with Gasteiger partial charge in [0, 0.05) is 49.8 Å². The lowest BCUT2D eigenvalue weighted by Crippen LogP contribution is -2.49. The van der Waals surface area contributed by atoms with Crippen LogP contribution in [0.15, 0.2) is 42.7 Å². The van der Waals surface area contributed by atoms with E-state index in [4.69, 9.17) is 5.73 Å². The molecule has 108 valence electrons. The maximum absolute atomic E-state index is 12.4. The normalized spacial score (nSPS) is 15.0. The highest BCUT2D eigenvalue weighted by Gasteiger charge is 2.23. The van der Waals surface area contributed by atoms with Crippen LogP contribution in [0.25, 0.3) is 0 Å². The minimum Gasteiger partial charge on any atom is -0.399 e. The number of carbonyl (C=O) groups excluding carboxylic acids is 1. The van der Waals surface area contributed by atoms with Crippen molar-refractivity contribution in [3.05, 3.63) is 48.3 Å². The molecular weight excluding hydrogens is 266 g/mol. The first-order valence-electron chi connectivity index (χ1n) is 6.91. The molecule has 3 rings (SSSR count). The van der Waals surface area contributed by atoms with Crippen LogP contribution in [0.1, 0.15) is 10.4 Å². The van der Waals surface area contributed by atoms with Gasteiger partial charge < -0.3 is 15.5 Å². The second-order valence-electron chi connectivity index (χ2n) is 4.95. The number of anilines is 2. The van der Waals surface area contributed by atoms with Gasteiger partial charge in [-0.05, 0) is 30.3 Å². The molecule has 0 unspecified atom stereocenters. The first-order valence-corrected chi connectivity index (χ1v) is 6.91. The molecule has 0 spiro atoms. The maximum atomic E-state index is 12.4. The van der Waals surface area contributed by atoms with Gasteiger partial charge >= 0.3 is 0 Å². The third-order valence-corrected chi connectivity index (χ3v) is 3.56. The SMILES string of the molecule is Nc1ccc(C(=O)N2CCN(c3ncccn3)CC2)cc1. The molecule has 0 aliphatic carbocycles. The molecule has 1 saturated heterocycles. The van der Waals surface area contributed by atoms with Gasteiger partial charge in [-0.3, -0.25) is 4.79 Å². The molecule has 1 aromatic heterocycles. The molecule has 1 aromatic carbocycles. The molecule has 1 fully saturated rings. The maximum Gasteiger partial charge on any atom is 0.253 e. The number of amides is 1. The van der Waals surface area contributed by atoms with E-state index < -0.39 is 0 Å². The molecule has 0 radical (unpaired) electrons. The van der Waals surface area contributed by atoms with Crippen LogP contribution in [-0.4, -0.2) is 47.0 Å². The summed E-state index contributed by atoms with van der Waals surface area (Å²) in [4.78, 5) is 24.8. The highest BCUT2D eigenvalue weighted by Crippen LogP contribution is 2.13. The van der Waals surface area contributed by atoms with Crippen LogP contribution < -0.4 is 10.6 Å². The Kier molecular flexibility index (Phi) is 3.68. The number of carbonyl (C=O) groups is 1. The van der Waals surface area contributed by atoms with E-state index in [2.05, 4.69) is 14.9 Å². The molecule has 6 heteroatoms. The van der Waals surface area contributed by atoms with E-state index in [1.807, 2.05) is 4.90 Å². The second-order valence-corrected chi connectivity index (χ2v) is 4.95. The minimum atomic E-state index is 0.0450. The molecular formula is C15H17N5O. The summed E-state index contributed by atoms with van der Waals surface area (Å²) in [5, 5.41) is 0. The summed E-state index contributed by atoms with van der Waals surface area (Å²) in [5.41, 5.74) is 6.98.